The van der Waals surface area contributed by atoms with Crippen molar-refractivity contribution in [2.24, 2.45) is 0 Å². The zero-order chi connectivity index (χ0) is 9.15. The van der Waals surface area contributed by atoms with E-state index in [1.165, 1.54) is 0 Å². The normalized spacial score (nSPS) is 27.5. The Hall–Kier alpha value is -1.16. The van der Waals surface area contributed by atoms with Crippen LogP contribution in [0.15, 0.2) is 18.6 Å². The maximum atomic E-state index is 4.14. The van der Waals surface area contributed by atoms with E-state index in [0.29, 0.717) is 0 Å². The summed E-state index contributed by atoms with van der Waals surface area (Å²) in [6.07, 6.45) is 4.45. The fourth-order valence-corrected chi connectivity index (χ4v) is 1.60. The second-order valence-electron chi connectivity index (χ2n) is 3.71. The van der Waals surface area contributed by atoms with E-state index in [0.717, 1.165) is 25.3 Å². The molecule has 1 aliphatic rings. The monoisotopic (exact) mass is 178 g/mol. The van der Waals surface area contributed by atoms with Crippen molar-refractivity contribution in [2.75, 3.05) is 18.4 Å². The molecule has 13 heavy (non-hydrogen) atoms. The van der Waals surface area contributed by atoms with Gasteiger partial charge in [0.1, 0.15) is 12.1 Å². The maximum absolute atomic E-state index is 4.14. The van der Waals surface area contributed by atoms with Crippen LogP contribution in [0.3, 0.4) is 0 Å². The minimum Gasteiger partial charge on any atom is -0.363 e. The lowest BCUT2D eigenvalue weighted by atomic mass is 10.0. The summed E-state index contributed by atoms with van der Waals surface area (Å²) in [5.74, 6) is 0.904. The van der Waals surface area contributed by atoms with Crippen LogP contribution in [-0.2, 0) is 0 Å². The Kier molecular flexibility index (Phi) is 2.14. The van der Waals surface area contributed by atoms with Crippen molar-refractivity contribution in [1.29, 1.82) is 0 Å². The van der Waals surface area contributed by atoms with Gasteiger partial charge in [0, 0.05) is 18.3 Å². The molecule has 0 bridgehead atoms. The molecule has 2 N–H and O–H groups in total. The van der Waals surface area contributed by atoms with Crippen LogP contribution in [0.5, 0.6) is 0 Å². The fourth-order valence-electron chi connectivity index (χ4n) is 1.60. The summed E-state index contributed by atoms with van der Waals surface area (Å²) in [7, 11) is 0. The summed E-state index contributed by atoms with van der Waals surface area (Å²) in [5.41, 5.74) is 0.147. The molecule has 0 radical (unpaired) electrons. The molecule has 0 saturated carbocycles. The molecular weight excluding hydrogens is 164 g/mol. The Labute approximate surface area is 77.8 Å². The van der Waals surface area contributed by atoms with Gasteiger partial charge in [-0.1, -0.05) is 0 Å². The number of anilines is 1. The Balaban J connectivity index is 2.05. The van der Waals surface area contributed by atoms with Crippen LogP contribution in [0.25, 0.3) is 0 Å². The summed E-state index contributed by atoms with van der Waals surface area (Å²) in [6, 6.07) is 1.89. The first-order valence-electron chi connectivity index (χ1n) is 4.53. The predicted octanol–water partition coefficient (Wildman–Crippen LogP) is 0.640. The third kappa shape index (κ3) is 1.95. The quantitative estimate of drug-likeness (QED) is 0.697. The van der Waals surface area contributed by atoms with E-state index in [-0.39, 0.29) is 5.54 Å². The summed E-state index contributed by atoms with van der Waals surface area (Å²) < 4.78 is 0. The molecule has 4 nitrogen and oxygen atoms in total. The van der Waals surface area contributed by atoms with E-state index < -0.39 is 0 Å². The van der Waals surface area contributed by atoms with Gasteiger partial charge >= 0.3 is 0 Å². The zero-order valence-corrected chi connectivity index (χ0v) is 7.75. The summed E-state index contributed by atoms with van der Waals surface area (Å²) >= 11 is 0. The lowest BCUT2D eigenvalue weighted by molar-refractivity contribution is 0.564. The van der Waals surface area contributed by atoms with Gasteiger partial charge in [0.05, 0.1) is 0 Å². The first kappa shape index (κ1) is 8.44. The summed E-state index contributed by atoms with van der Waals surface area (Å²) in [6.45, 7) is 4.28. The number of aromatic nitrogens is 2. The van der Waals surface area contributed by atoms with Crippen molar-refractivity contribution in [1.82, 2.24) is 15.3 Å². The standard InChI is InChI=1S/C9H14N4/c1-9(3-5-10-6-9)13-8-2-4-11-7-12-8/h2,4,7,10H,3,5-6H2,1H3,(H,11,12,13). The number of rotatable bonds is 2. The number of nitrogens with one attached hydrogen (secondary N) is 2. The van der Waals surface area contributed by atoms with E-state index in [1.54, 1.807) is 12.5 Å². The van der Waals surface area contributed by atoms with E-state index >= 15 is 0 Å². The van der Waals surface area contributed by atoms with Gasteiger partial charge in [0.2, 0.25) is 0 Å². The first-order chi connectivity index (χ1) is 6.29. The van der Waals surface area contributed by atoms with Gasteiger partial charge in [-0.15, -0.1) is 0 Å². The minimum absolute atomic E-state index is 0.147. The molecule has 1 atom stereocenters. The summed E-state index contributed by atoms with van der Waals surface area (Å²) in [4.78, 5) is 8.01. The molecular formula is C9H14N4. The number of nitrogens with zero attached hydrogens (tertiary/aromatic N) is 2. The Morgan fingerprint density at radius 1 is 1.62 bits per heavy atom. The van der Waals surface area contributed by atoms with Gasteiger partial charge in [0.15, 0.2) is 0 Å². The summed E-state index contributed by atoms with van der Waals surface area (Å²) in [5, 5.41) is 6.73. The van der Waals surface area contributed by atoms with E-state index in [2.05, 4.69) is 27.5 Å². The molecule has 0 spiro atoms. The predicted molar refractivity (Wildman–Crippen MR) is 51.5 cm³/mol. The molecule has 1 aromatic heterocycles. The third-order valence-electron chi connectivity index (χ3n) is 2.38. The molecule has 2 heterocycles. The zero-order valence-electron chi connectivity index (χ0n) is 7.75. The van der Waals surface area contributed by atoms with Gasteiger partial charge in [-0.05, 0) is 26.0 Å². The largest absolute Gasteiger partial charge is 0.363 e. The SMILES string of the molecule is CC1(Nc2ccncn2)CCNC1. The molecule has 4 heteroatoms. The molecule has 1 aromatic rings. The lowest BCUT2D eigenvalue weighted by Crippen LogP contribution is -2.37. The lowest BCUT2D eigenvalue weighted by Gasteiger charge is -2.24. The molecule has 1 aliphatic heterocycles. The van der Waals surface area contributed by atoms with Gasteiger partial charge in [-0.25, -0.2) is 9.97 Å². The topological polar surface area (TPSA) is 49.8 Å². The highest BCUT2D eigenvalue weighted by Crippen LogP contribution is 2.18. The van der Waals surface area contributed by atoms with Gasteiger partial charge < -0.3 is 10.6 Å². The third-order valence-corrected chi connectivity index (χ3v) is 2.38. The van der Waals surface area contributed by atoms with Crippen molar-refractivity contribution < 1.29 is 0 Å². The van der Waals surface area contributed by atoms with Crippen LogP contribution in [-0.4, -0.2) is 28.6 Å². The number of hydrogen-bond donors (Lipinski definition) is 2. The Morgan fingerprint density at radius 2 is 2.54 bits per heavy atom. The van der Waals surface area contributed by atoms with Crippen LogP contribution in [0.4, 0.5) is 5.82 Å². The van der Waals surface area contributed by atoms with Crippen LogP contribution in [0.1, 0.15) is 13.3 Å². The second-order valence-corrected chi connectivity index (χ2v) is 3.71. The fraction of sp³-hybridized carbons (Fsp3) is 0.556. The van der Waals surface area contributed by atoms with Crippen LogP contribution in [0, 0.1) is 0 Å². The molecule has 0 aromatic carbocycles. The van der Waals surface area contributed by atoms with Crippen LogP contribution >= 0.6 is 0 Å². The minimum atomic E-state index is 0.147. The molecule has 0 amide bonds. The molecule has 70 valence electrons. The highest BCUT2D eigenvalue weighted by Gasteiger charge is 2.28. The van der Waals surface area contributed by atoms with Crippen molar-refractivity contribution in [2.45, 2.75) is 18.9 Å². The molecule has 1 saturated heterocycles. The van der Waals surface area contributed by atoms with Crippen molar-refractivity contribution in [3.8, 4) is 0 Å². The number of hydrogen-bond acceptors (Lipinski definition) is 4. The van der Waals surface area contributed by atoms with Gasteiger partial charge in [-0.2, -0.15) is 0 Å². The van der Waals surface area contributed by atoms with E-state index in [4.69, 9.17) is 0 Å². The Morgan fingerprint density at radius 3 is 3.15 bits per heavy atom. The van der Waals surface area contributed by atoms with Crippen molar-refractivity contribution in [3.63, 3.8) is 0 Å². The second kappa shape index (κ2) is 3.30. The first-order valence-corrected chi connectivity index (χ1v) is 4.53. The Bertz CT molecular complexity index is 266. The smallest absolute Gasteiger partial charge is 0.129 e. The maximum Gasteiger partial charge on any atom is 0.129 e. The van der Waals surface area contributed by atoms with Crippen molar-refractivity contribution in [3.05, 3.63) is 18.6 Å². The molecule has 1 unspecified atom stereocenters. The van der Waals surface area contributed by atoms with Gasteiger partial charge in [0.25, 0.3) is 0 Å². The molecule has 0 aliphatic carbocycles. The van der Waals surface area contributed by atoms with E-state index in [9.17, 15) is 0 Å². The van der Waals surface area contributed by atoms with E-state index in [1.807, 2.05) is 6.07 Å². The van der Waals surface area contributed by atoms with Crippen LogP contribution < -0.4 is 10.6 Å². The van der Waals surface area contributed by atoms with Crippen molar-refractivity contribution >= 4 is 5.82 Å². The highest BCUT2D eigenvalue weighted by atomic mass is 15.1. The molecule has 1 fully saturated rings. The van der Waals surface area contributed by atoms with Crippen LogP contribution in [0.2, 0.25) is 0 Å². The average Bonchev–Trinajstić information content (AvgIpc) is 2.54. The van der Waals surface area contributed by atoms with Gasteiger partial charge in [-0.3, -0.25) is 0 Å². The highest BCUT2D eigenvalue weighted by molar-refractivity contribution is 5.36. The average molecular weight is 178 g/mol. The molecule has 2 rings (SSSR count).